The average molecular weight is 340 g/mol. The molecule has 4 rings (SSSR count). The Morgan fingerprint density at radius 3 is 2.88 bits per heavy atom. The summed E-state index contributed by atoms with van der Waals surface area (Å²) in [5, 5.41) is 9.26. The van der Waals surface area contributed by atoms with Crippen LogP contribution in [0, 0.1) is 0 Å². The number of anilines is 1. The molecule has 0 saturated heterocycles. The summed E-state index contributed by atoms with van der Waals surface area (Å²) >= 11 is 0. The summed E-state index contributed by atoms with van der Waals surface area (Å²) in [6, 6.07) is 7.21. The highest BCUT2D eigenvalue weighted by Crippen LogP contribution is 2.31. The van der Waals surface area contributed by atoms with Gasteiger partial charge in [-0.3, -0.25) is 4.40 Å². The van der Waals surface area contributed by atoms with E-state index in [2.05, 4.69) is 9.97 Å². The minimum Gasteiger partial charge on any atom is -0.486 e. The van der Waals surface area contributed by atoms with E-state index in [1.165, 1.54) is 6.07 Å². The minimum absolute atomic E-state index is 0.0391. The van der Waals surface area contributed by atoms with Gasteiger partial charge in [-0.15, -0.1) is 0 Å². The van der Waals surface area contributed by atoms with Gasteiger partial charge in [-0.25, -0.2) is 14.8 Å². The normalized spacial score (nSPS) is 13.0. The molecule has 8 heteroatoms. The number of nitrogens with zero attached hydrogens (tertiary/aromatic N) is 4. The largest absolute Gasteiger partial charge is 0.486 e. The number of aromatic nitrogens is 3. The zero-order valence-corrected chi connectivity index (χ0v) is 13.5. The third-order valence-electron chi connectivity index (χ3n) is 3.96. The third-order valence-corrected chi connectivity index (χ3v) is 3.96. The van der Waals surface area contributed by atoms with E-state index < -0.39 is 5.97 Å². The zero-order valence-electron chi connectivity index (χ0n) is 13.5. The van der Waals surface area contributed by atoms with Gasteiger partial charge in [0.25, 0.3) is 0 Å². The van der Waals surface area contributed by atoms with Crippen LogP contribution in [0.1, 0.15) is 16.1 Å². The second kappa shape index (κ2) is 5.97. The quantitative estimate of drug-likeness (QED) is 0.775. The molecule has 1 aromatic carbocycles. The molecule has 0 saturated carbocycles. The van der Waals surface area contributed by atoms with Crippen molar-refractivity contribution >= 4 is 17.6 Å². The van der Waals surface area contributed by atoms with Crippen LogP contribution in [0.3, 0.4) is 0 Å². The maximum atomic E-state index is 11.3. The molecule has 128 valence electrons. The van der Waals surface area contributed by atoms with Gasteiger partial charge in [-0.05, 0) is 17.7 Å². The fraction of sp³-hybridized carbons (Fsp3) is 0.235. The highest BCUT2D eigenvalue weighted by Gasteiger charge is 2.16. The van der Waals surface area contributed by atoms with Gasteiger partial charge in [-0.1, -0.05) is 6.07 Å². The maximum absolute atomic E-state index is 11.3. The van der Waals surface area contributed by atoms with Gasteiger partial charge in [0.2, 0.25) is 5.95 Å². The van der Waals surface area contributed by atoms with E-state index in [0.717, 1.165) is 17.1 Å². The van der Waals surface area contributed by atoms with Gasteiger partial charge < -0.3 is 19.5 Å². The van der Waals surface area contributed by atoms with Crippen molar-refractivity contribution in [1.29, 1.82) is 0 Å². The molecule has 0 bridgehead atoms. The lowest BCUT2D eigenvalue weighted by Crippen LogP contribution is -2.22. The van der Waals surface area contributed by atoms with Crippen LogP contribution in [0.5, 0.6) is 11.5 Å². The molecule has 1 aliphatic rings. The highest BCUT2D eigenvalue weighted by atomic mass is 16.6. The standard InChI is InChI=1S/C17H16N4O4/c1-20(10-11-2-3-13-14(8-11)25-7-6-24-13)17-19-12(16(22)23)9-15-18-4-5-21(15)17/h2-5,8-9H,6-7,10H2,1H3,(H,22,23). The van der Waals surface area contributed by atoms with Crippen molar-refractivity contribution in [3.05, 3.63) is 47.9 Å². The predicted molar refractivity (Wildman–Crippen MR) is 89.5 cm³/mol. The summed E-state index contributed by atoms with van der Waals surface area (Å²) < 4.78 is 12.9. The Balaban J connectivity index is 1.67. The van der Waals surface area contributed by atoms with Crippen LogP contribution < -0.4 is 14.4 Å². The molecule has 0 unspecified atom stereocenters. The fourth-order valence-corrected chi connectivity index (χ4v) is 2.82. The first kappa shape index (κ1) is 15.3. The van der Waals surface area contributed by atoms with Crippen LogP contribution in [0.2, 0.25) is 0 Å². The lowest BCUT2D eigenvalue weighted by atomic mass is 10.2. The van der Waals surface area contributed by atoms with Gasteiger partial charge in [0, 0.05) is 32.1 Å². The van der Waals surface area contributed by atoms with Gasteiger partial charge >= 0.3 is 5.97 Å². The molecule has 0 spiro atoms. The van der Waals surface area contributed by atoms with Crippen molar-refractivity contribution in [3.63, 3.8) is 0 Å². The number of carboxylic acid groups (broad SMARTS) is 1. The second-order valence-corrected chi connectivity index (χ2v) is 5.74. The number of rotatable bonds is 4. The Bertz CT molecular complexity index is 953. The first-order valence-electron chi connectivity index (χ1n) is 7.79. The summed E-state index contributed by atoms with van der Waals surface area (Å²) in [6.07, 6.45) is 3.37. The van der Waals surface area contributed by atoms with Gasteiger partial charge in [0.15, 0.2) is 17.2 Å². The molecule has 2 aromatic heterocycles. The number of aromatic carboxylic acids is 1. The molecule has 3 aromatic rings. The number of hydrogen-bond acceptors (Lipinski definition) is 6. The number of carboxylic acids is 1. The molecule has 8 nitrogen and oxygen atoms in total. The van der Waals surface area contributed by atoms with Crippen LogP contribution >= 0.6 is 0 Å². The number of hydrogen-bond donors (Lipinski definition) is 1. The summed E-state index contributed by atoms with van der Waals surface area (Å²) in [5.74, 6) is 0.875. The zero-order chi connectivity index (χ0) is 17.4. The molecule has 0 fully saturated rings. The molecular formula is C17H16N4O4. The van der Waals surface area contributed by atoms with Crippen molar-refractivity contribution in [1.82, 2.24) is 14.4 Å². The molecular weight excluding hydrogens is 324 g/mol. The molecule has 0 radical (unpaired) electrons. The first-order chi connectivity index (χ1) is 12.1. The molecule has 1 N–H and O–H groups in total. The smallest absolute Gasteiger partial charge is 0.354 e. The van der Waals surface area contributed by atoms with E-state index in [0.29, 0.717) is 31.4 Å². The molecule has 0 aliphatic carbocycles. The Hall–Kier alpha value is -3.29. The number of carbonyl (C=O) groups is 1. The summed E-state index contributed by atoms with van der Waals surface area (Å²) in [7, 11) is 1.85. The van der Waals surface area contributed by atoms with Crippen LogP contribution in [0.25, 0.3) is 5.65 Å². The molecule has 0 amide bonds. The van der Waals surface area contributed by atoms with E-state index in [4.69, 9.17) is 9.47 Å². The molecule has 25 heavy (non-hydrogen) atoms. The van der Waals surface area contributed by atoms with Gasteiger partial charge in [0.05, 0.1) is 0 Å². The SMILES string of the molecule is CN(Cc1ccc2c(c1)OCCO2)c1nc(C(=O)O)cc2nccn12. The number of ether oxygens (including phenoxy) is 2. The number of benzene rings is 1. The number of imidazole rings is 1. The van der Waals surface area contributed by atoms with Gasteiger partial charge in [-0.2, -0.15) is 0 Å². The van der Waals surface area contributed by atoms with E-state index >= 15 is 0 Å². The van der Waals surface area contributed by atoms with Gasteiger partial charge in [0.1, 0.15) is 18.9 Å². The first-order valence-corrected chi connectivity index (χ1v) is 7.79. The molecule has 1 aliphatic heterocycles. The van der Waals surface area contributed by atoms with E-state index in [9.17, 15) is 9.90 Å². The summed E-state index contributed by atoms with van der Waals surface area (Å²) in [4.78, 5) is 21.6. The Labute approximate surface area is 143 Å². The lowest BCUT2D eigenvalue weighted by molar-refractivity contribution is 0.0690. The van der Waals surface area contributed by atoms with Crippen molar-refractivity contribution in [2.24, 2.45) is 0 Å². The Kier molecular flexibility index (Phi) is 3.64. The van der Waals surface area contributed by atoms with Crippen molar-refractivity contribution in [2.75, 3.05) is 25.2 Å². The fourth-order valence-electron chi connectivity index (χ4n) is 2.82. The van der Waals surface area contributed by atoms with Crippen molar-refractivity contribution < 1.29 is 19.4 Å². The average Bonchev–Trinajstić information content (AvgIpc) is 3.09. The lowest BCUT2D eigenvalue weighted by Gasteiger charge is -2.22. The van der Waals surface area contributed by atoms with Crippen LogP contribution in [-0.2, 0) is 6.54 Å². The second-order valence-electron chi connectivity index (χ2n) is 5.74. The highest BCUT2D eigenvalue weighted by molar-refractivity contribution is 5.87. The summed E-state index contributed by atoms with van der Waals surface area (Å²) in [6.45, 7) is 1.61. The Morgan fingerprint density at radius 2 is 2.08 bits per heavy atom. The van der Waals surface area contributed by atoms with Crippen molar-refractivity contribution in [2.45, 2.75) is 6.54 Å². The van der Waals surface area contributed by atoms with Crippen LogP contribution in [0.4, 0.5) is 5.95 Å². The Morgan fingerprint density at radius 1 is 1.28 bits per heavy atom. The van der Waals surface area contributed by atoms with Crippen LogP contribution in [0.15, 0.2) is 36.7 Å². The molecule has 0 atom stereocenters. The minimum atomic E-state index is -1.08. The van der Waals surface area contributed by atoms with E-state index in [1.807, 2.05) is 30.1 Å². The maximum Gasteiger partial charge on any atom is 0.354 e. The third kappa shape index (κ3) is 2.82. The monoisotopic (exact) mass is 340 g/mol. The predicted octanol–water partition coefficient (Wildman–Crippen LogP) is 1.84. The van der Waals surface area contributed by atoms with E-state index in [1.54, 1.807) is 16.8 Å². The number of fused-ring (bicyclic) bond motifs is 2. The van der Waals surface area contributed by atoms with Crippen molar-refractivity contribution in [3.8, 4) is 11.5 Å². The van der Waals surface area contributed by atoms with Crippen LogP contribution in [-0.4, -0.2) is 45.7 Å². The summed E-state index contributed by atoms with van der Waals surface area (Å²) in [5.41, 5.74) is 1.50. The van der Waals surface area contributed by atoms with E-state index in [-0.39, 0.29) is 5.69 Å². The molecule has 3 heterocycles. The topological polar surface area (TPSA) is 89.2 Å².